The monoisotopic (exact) mass is 236 g/mol. The van der Waals surface area contributed by atoms with Crippen LogP contribution in [-0.2, 0) is 10.0 Å². The molecule has 0 rings (SSSR count). The van der Waals surface area contributed by atoms with Crippen LogP contribution in [-0.4, -0.2) is 33.3 Å². The topological polar surface area (TPSA) is 58.2 Å². The Kier molecular flexibility index (Phi) is 8.00. The Balaban J connectivity index is 3.40. The molecule has 0 amide bonds. The van der Waals surface area contributed by atoms with Gasteiger partial charge in [-0.05, 0) is 33.2 Å². The SMILES string of the molecule is CCCC(C)NCCCNS(=O)(=O)CC. The molecular formula is C10H24N2O2S. The summed E-state index contributed by atoms with van der Waals surface area (Å²) in [7, 11) is -3.01. The van der Waals surface area contributed by atoms with Crippen LogP contribution in [0.4, 0.5) is 0 Å². The lowest BCUT2D eigenvalue weighted by atomic mass is 10.2. The minimum Gasteiger partial charge on any atom is -0.314 e. The molecule has 1 atom stereocenters. The molecule has 15 heavy (non-hydrogen) atoms. The minimum absolute atomic E-state index is 0.159. The van der Waals surface area contributed by atoms with Gasteiger partial charge in [0.25, 0.3) is 0 Å². The molecule has 0 radical (unpaired) electrons. The van der Waals surface area contributed by atoms with Gasteiger partial charge in [0.1, 0.15) is 0 Å². The van der Waals surface area contributed by atoms with Crippen molar-refractivity contribution < 1.29 is 8.42 Å². The van der Waals surface area contributed by atoms with E-state index >= 15 is 0 Å². The van der Waals surface area contributed by atoms with E-state index in [0.29, 0.717) is 12.6 Å². The van der Waals surface area contributed by atoms with Gasteiger partial charge in [-0.1, -0.05) is 13.3 Å². The zero-order valence-electron chi connectivity index (χ0n) is 10.0. The highest BCUT2D eigenvalue weighted by atomic mass is 32.2. The number of nitrogens with one attached hydrogen (secondary N) is 2. The Bertz CT molecular complexity index is 240. The predicted octanol–water partition coefficient (Wildman–Crippen LogP) is 1.09. The molecule has 0 spiro atoms. The van der Waals surface area contributed by atoms with Crippen molar-refractivity contribution in [2.75, 3.05) is 18.8 Å². The molecule has 0 fully saturated rings. The molecule has 0 saturated heterocycles. The molecule has 92 valence electrons. The molecule has 0 heterocycles. The van der Waals surface area contributed by atoms with Crippen LogP contribution in [0.3, 0.4) is 0 Å². The van der Waals surface area contributed by atoms with Gasteiger partial charge >= 0.3 is 0 Å². The summed E-state index contributed by atoms with van der Waals surface area (Å²) in [5.74, 6) is 0.159. The van der Waals surface area contributed by atoms with E-state index in [1.165, 1.54) is 12.8 Å². The molecule has 0 aliphatic rings. The van der Waals surface area contributed by atoms with Crippen LogP contribution >= 0.6 is 0 Å². The lowest BCUT2D eigenvalue weighted by molar-refractivity contribution is 0.499. The van der Waals surface area contributed by atoms with Crippen LogP contribution in [0.25, 0.3) is 0 Å². The Morgan fingerprint density at radius 2 is 1.87 bits per heavy atom. The third kappa shape index (κ3) is 8.84. The average molecular weight is 236 g/mol. The normalized spacial score (nSPS) is 14.1. The average Bonchev–Trinajstić information content (AvgIpc) is 2.17. The van der Waals surface area contributed by atoms with E-state index in [4.69, 9.17) is 0 Å². The summed E-state index contributed by atoms with van der Waals surface area (Å²) >= 11 is 0. The molecule has 0 aromatic rings. The van der Waals surface area contributed by atoms with Gasteiger partial charge in [-0.2, -0.15) is 0 Å². The minimum atomic E-state index is -3.01. The number of hydrogen-bond acceptors (Lipinski definition) is 3. The molecule has 4 nitrogen and oxygen atoms in total. The summed E-state index contributed by atoms with van der Waals surface area (Å²) in [6.45, 7) is 7.35. The predicted molar refractivity (Wildman–Crippen MR) is 64.5 cm³/mol. The summed E-state index contributed by atoms with van der Waals surface area (Å²) in [5, 5.41) is 3.35. The highest BCUT2D eigenvalue weighted by Gasteiger charge is 2.04. The highest BCUT2D eigenvalue weighted by Crippen LogP contribution is 1.94. The fourth-order valence-electron chi connectivity index (χ4n) is 1.30. The summed E-state index contributed by atoms with van der Waals surface area (Å²) < 4.78 is 24.7. The quantitative estimate of drug-likeness (QED) is 0.589. The second-order valence-electron chi connectivity index (χ2n) is 3.80. The van der Waals surface area contributed by atoms with E-state index in [-0.39, 0.29) is 5.75 Å². The van der Waals surface area contributed by atoms with Gasteiger partial charge in [-0.3, -0.25) is 0 Å². The summed E-state index contributed by atoms with van der Waals surface area (Å²) in [4.78, 5) is 0. The standard InChI is InChI=1S/C10H24N2O2S/c1-4-7-10(3)11-8-6-9-12-15(13,14)5-2/h10-12H,4-9H2,1-3H3. The van der Waals surface area contributed by atoms with Crippen LogP contribution in [0.5, 0.6) is 0 Å². The van der Waals surface area contributed by atoms with E-state index in [1.54, 1.807) is 6.92 Å². The second kappa shape index (κ2) is 8.07. The maximum Gasteiger partial charge on any atom is 0.211 e. The van der Waals surface area contributed by atoms with Crippen molar-refractivity contribution in [2.45, 2.75) is 46.1 Å². The maximum absolute atomic E-state index is 11.1. The zero-order chi connectivity index (χ0) is 11.7. The van der Waals surface area contributed by atoms with Crippen molar-refractivity contribution >= 4 is 10.0 Å². The van der Waals surface area contributed by atoms with Gasteiger partial charge in [0.05, 0.1) is 5.75 Å². The van der Waals surface area contributed by atoms with Crippen molar-refractivity contribution in [3.63, 3.8) is 0 Å². The van der Waals surface area contributed by atoms with E-state index < -0.39 is 10.0 Å². The first-order valence-electron chi connectivity index (χ1n) is 5.72. The molecule has 2 N–H and O–H groups in total. The van der Waals surface area contributed by atoms with Gasteiger partial charge < -0.3 is 5.32 Å². The fourth-order valence-corrected chi connectivity index (χ4v) is 1.96. The van der Waals surface area contributed by atoms with Gasteiger partial charge in [0.2, 0.25) is 10.0 Å². The van der Waals surface area contributed by atoms with Crippen molar-refractivity contribution in [2.24, 2.45) is 0 Å². The first-order valence-corrected chi connectivity index (χ1v) is 7.37. The van der Waals surface area contributed by atoms with Crippen LogP contribution in [0.2, 0.25) is 0 Å². The molecule has 0 saturated carbocycles. The Morgan fingerprint density at radius 1 is 1.20 bits per heavy atom. The molecule has 5 heteroatoms. The maximum atomic E-state index is 11.1. The smallest absolute Gasteiger partial charge is 0.211 e. The molecule has 0 aliphatic heterocycles. The number of rotatable bonds is 9. The number of sulfonamides is 1. The number of hydrogen-bond donors (Lipinski definition) is 2. The summed E-state index contributed by atoms with van der Waals surface area (Å²) in [6, 6.07) is 0.526. The Labute approximate surface area is 93.9 Å². The van der Waals surface area contributed by atoms with Gasteiger partial charge in [-0.15, -0.1) is 0 Å². The Morgan fingerprint density at radius 3 is 2.40 bits per heavy atom. The van der Waals surface area contributed by atoms with Crippen molar-refractivity contribution in [1.82, 2.24) is 10.0 Å². The Hall–Kier alpha value is -0.130. The van der Waals surface area contributed by atoms with Gasteiger partial charge in [0.15, 0.2) is 0 Å². The first kappa shape index (κ1) is 14.9. The lowest BCUT2D eigenvalue weighted by Gasteiger charge is -2.12. The van der Waals surface area contributed by atoms with Crippen LogP contribution in [0.1, 0.15) is 40.0 Å². The van der Waals surface area contributed by atoms with E-state index in [0.717, 1.165) is 13.0 Å². The third-order valence-electron chi connectivity index (χ3n) is 2.27. The highest BCUT2D eigenvalue weighted by molar-refractivity contribution is 7.89. The molecule has 0 aliphatic carbocycles. The fraction of sp³-hybridized carbons (Fsp3) is 1.00. The molecule has 1 unspecified atom stereocenters. The summed E-state index contributed by atoms with van der Waals surface area (Å²) in [5.41, 5.74) is 0. The van der Waals surface area contributed by atoms with E-state index in [1.807, 2.05) is 0 Å². The molecule has 0 aromatic carbocycles. The second-order valence-corrected chi connectivity index (χ2v) is 5.89. The van der Waals surface area contributed by atoms with Gasteiger partial charge in [-0.25, -0.2) is 13.1 Å². The van der Waals surface area contributed by atoms with Crippen molar-refractivity contribution in [3.05, 3.63) is 0 Å². The molecule has 0 bridgehead atoms. The largest absolute Gasteiger partial charge is 0.314 e. The van der Waals surface area contributed by atoms with E-state index in [2.05, 4.69) is 23.9 Å². The van der Waals surface area contributed by atoms with Crippen LogP contribution in [0, 0.1) is 0 Å². The van der Waals surface area contributed by atoms with E-state index in [9.17, 15) is 8.42 Å². The van der Waals surface area contributed by atoms with Crippen molar-refractivity contribution in [1.29, 1.82) is 0 Å². The zero-order valence-corrected chi connectivity index (χ0v) is 10.9. The molecular weight excluding hydrogens is 212 g/mol. The van der Waals surface area contributed by atoms with Gasteiger partial charge in [0, 0.05) is 12.6 Å². The summed E-state index contributed by atoms with van der Waals surface area (Å²) in [6.07, 6.45) is 3.19. The van der Waals surface area contributed by atoms with Crippen LogP contribution in [0.15, 0.2) is 0 Å². The first-order chi connectivity index (χ1) is 7.02. The van der Waals surface area contributed by atoms with Crippen LogP contribution < -0.4 is 10.0 Å². The molecule has 0 aromatic heterocycles. The lowest BCUT2D eigenvalue weighted by Crippen LogP contribution is -2.31. The van der Waals surface area contributed by atoms with Crippen molar-refractivity contribution in [3.8, 4) is 0 Å². The third-order valence-corrected chi connectivity index (χ3v) is 3.67.